The molecule has 0 spiro atoms. The van der Waals surface area contributed by atoms with Crippen LogP contribution in [0.15, 0.2) is 30.3 Å². The Morgan fingerprint density at radius 2 is 1.68 bits per heavy atom. The highest BCUT2D eigenvalue weighted by Gasteiger charge is 2.03. The van der Waals surface area contributed by atoms with E-state index < -0.39 is 0 Å². The molecule has 0 heterocycles. The van der Waals surface area contributed by atoms with E-state index in [0.29, 0.717) is 19.5 Å². The highest BCUT2D eigenvalue weighted by Crippen LogP contribution is 1.98. The normalized spacial score (nSPS) is 10.1. The molecule has 0 unspecified atom stereocenters. The smallest absolute Gasteiger partial charge is 0.315 e. The van der Waals surface area contributed by atoms with Crippen molar-refractivity contribution in [3.63, 3.8) is 0 Å². The fourth-order valence-electron chi connectivity index (χ4n) is 1.53. The zero-order valence-corrected chi connectivity index (χ0v) is 11.4. The maximum atomic E-state index is 11.6. The van der Waals surface area contributed by atoms with Crippen LogP contribution in [0.4, 0.5) is 4.79 Å². The van der Waals surface area contributed by atoms with Crippen LogP contribution in [0.2, 0.25) is 0 Å². The maximum absolute atomic E-state index is 11.6. The Kier molecular flexibility index (Phi) is 6.43. The van der Waals surface area contributed by atoms with E-state index >= 15 is 0 Å². The van der Waals surface area contributed by atoms with E-state index in [-0.39, 0.29) is 18.0 Å². The molecule has 19 heavy (non-hydrogen) atoms. The Hall–Kier alpha value is -2.04. The third-order valence-corrected chi connectivity index (χ3v) is 2.36. The molecule has 0 aromatic heterocycles. The van der Waals surface area contributed by atoms with Crippen molar-refractivity contribution in [1.82, 2.24) is 16.0 Å². The Morgan fingerprint density at radius 3 is 2.32 bits per heavy atom. The van der Waals surface area contributed by atoms with E-state index in [1.54, 1.807) is 0 Å². The van der Waals surface area contributed by atoms with Crippen molar-refractivity contribution in [2.24, 2.45) is 0 Å². The summed E-state index contributed by atoms with van der Waals surface area (Å²) in [6.07, 6.45) is 0.360. The van der Waals surface area contributed by atoms with Gasteiger partial charge in [-0.2, -0.15) is 0 Å². The molecule has 3 N–H and O–H groups in total. The Balaban J connectivity index is 2.13. The van der Waals surface area contributed by atoms with Crippen LogP contribution in [0.25, 0.3) is 0 Å². The number of carbonyl (C=O) groups excluding carboxylic acids is 2. The number of nitrogens with one attached hydrogen (secondary N) is 3. The van der Waals surface area contributed by atoms with E-state index in [4.69, 9.17) is 0 Å². The second-order valence-corrected chi connectivity index (χ2v) is 4.57. The summed E-state index contributed by atoms with van der Waals surface area (Å²) in [5.41, 5.74) is 0.977. The monoisotopic (exact) mass is 263 g/mol. The molecule has 0 bridgehead atoms. The second kappa shape index (κ2) is 8.13. The molecular weight excluding hydrogens is 242 g/mol. The summed E-state index contributed by atoms with van der Waals surface area (Å²) < 4.78 is 0. The fraction of sp³-hybridized carbons (Fsp3) is 0.429. The van der Waals surface area contributed by atoms with Crippen LogP contribution in [0.3, 0.4) is 0 Å². The van der Waals surface area contributed by atoms with Crippen LogP contribution in [0.1, 0.15) is 19.4 Å². The van der Waals surface area contributed by atoms with Gasteiger partial charge in [0.15, 0.2) is 0 Å². The van der Waals surface area contributed by atoms with Crippen molar-refractivity contribution in [2.45, 2.75) is 26.3 Å². The topological polar surface area (TPSA) is 70.2 Å². The van der Waals surface area contributed by atoms with Gasteiger partial charge in [0, 0.05) is 19.1 Å². The second-order valence-electron chi connectivity index (χ2n) is 4.57. The third kappa shape index (κ3) is 7.08. The summed E-state index contributed by atoms with van der Waals surface area (Å²) in [6, 6.07) is 9.43. The SMILES string of the molecule is CC(C)NC(=O)NCCNC(=O)Cc1ccccc1. The molecule has 0 atom stereocenters. The molecule has 0 radical (unpaired) electrons. The summed E-state index contributed by atoms with van der Waals surface area (Å²) in [5, 5.41) is 8.13. The number of carbonyl (C=O) groups is 2. The molecule has 1 aromatic carbocycles. The molecule has 5 heteroatoms. The van der Waals surface area contributed by atoms with E-state index in [9.17, 15) is 9.59 Å². The molecule has 0 aliphatic carbocycles. The lowest BCUT2D eigenvalue weighted by Crippen LogP contribution is -2.42. The molecule has 0 fully saturated rings. The van der Waals surface area contributed by atoms with Gasteiger partial charge in [-0.3, -0.25) is 4.79 Å². The summed E-state index contributed by atoms with van der Waals surface area (Å²) in [4.78, 5) is 22.8. The number of amides is 3. The van der Waals surface area contributed by atoms with E-state index in [1.807, 2.05) is 44.2 Å². The summed E-state index contributed by atoms with van der Waals surface area (Å²) in [7, 11) is 0. The molecule has 0 aliphatic heterocycles. The average Bonchev–Trinajstić information content (AvgIpc) is 2.35. The molecule has 0 aliphatic rings. The van der Waals surface area contributed by atoms with Gasteiger partial charge in [-0.1, -0.05) is 30.3 Å². The maximum Gasteiger partial charge on any atom is 0.315 e. The van der Waals surface area contributed by atoms with Crippen LogP contribution >= 0.6 is 0 Å². The minimum absolute atomic E-state index is 0.0442. The van der Waals surface area contributed by atoms with E-state index in [1.165, 1.54) is 0 Å². The first-order valence-corrected chi connectivity index (χ1v) is 6.43. The minimum Gasteiger partial charge on any atom is -0.354 e. The molecule has 5 nitrogen and oxygen atoms in total. The van der Waals surface area contributed by atoms with Crippen molar-refractivity contribution < 1.29 is 9.59 Å². The van der Waals surface area contributed by atoms with Gasteiger partial charge in [-0.15, -0.1) is 0 Å². The summed E-state index contributed by atoms with van der Waals surface area (Å²) in [5.74, 6) is -0.0442. The molecule has 3 amide bonds. The van der Waals surface area contributed by atoms with Gasteiger partial charge in [0.1, 0.15) is 0 Å². The van der Waals surface area contributed by atoms with Crippen LogP contribution in [0.5, 0.6) is 0 Å². The van der Waals surface area contributed by atoms with Gasteiger partial charge in [0.05, 0.1) is 6.42 Å². The quantitative estimate of drug-likeness (QED) is 0.671. The van der Waals surface area contributed by atoms with Gasteiger partial charge in [0.2, 0.25) is 5.91 Å². The van der Waals surface area contributed by atoms with Crippen molar-refractivity contribution in [1.29, 1.82) is 0 Å². The number of hydrogen-bond acceptors (Lipinski definition) is 2. The minimum atomic E-state index is -0.215. The molecule has 104 valence electrons. The van der Waals surface area contributed by atoms with Crippen molar-refractivity contribution in [3.05, 3.63) is 35.9 Å². The highest BCUT2D eigenvalue weighted by atomic mass is 16.2. The van der Waals surface area contributed by atoms with Crippen LogP contribution < -0.4 is 16.0 Å². The van der Waals surface area contributed by atoms with Crippen LogP contribution in [-0.2, 0) is 11.2 Å². The summed E-state index contributed by atoms with van der Waals surface area (Å²) >= 11 is 0. The Bertz CT molecular complexity index is 404. The number of benzene rings is 1. The average molecular weight is 263 g/mol. The van der Waals surface area contributed by atoms with Gasteiger partial charge in [-0.05, 0) is 19.4 Å². The first-order valence-electron chi connectivity index (χ1n) is 6.43. The molecule has 0 saturated carbocycles. The predicted octanol–water partition coefficient (Wildman–Crippen LogP) is 1.05. The van der Waals surface area contributed by atoms with Crippen molar-refractivity contribution in [2.75, 3.05) is 13.1 Å². The Labute approximate surface area is 113 Å². The number of hydrogen-bond donors (Lipinski definition) is 3. The molecular formula is C14H21N3O2. The molecule has 1 aromatic rings. The number of rotatable bonds is 6. The Morgan fingerprint density at radius 1 is 1.05 bits per heavy atom. The van der Waals surface area contributed by atoms with Gasteiger partial charge >= 0.3 is 6.03 Å². The van der Waals surface area contributed by atoms with Gasteiger partial charge in [0.25, 0.3) is 0 Å². The summed E-state index contributed by atoms with van der Waals surface area (Å²) in [6.45, 7) is 4.62. The standard InChI is InChI=1S/C14H21N3O2/c1-11(2)17-14(19)16-9-8-15-13(18)10-12-6-4-3-5-7-12/h3-7,11H,8-10H2,1-2H3,(H,15,18)(H2,16,17,19). The van der Waals surface area contributed by atoms with Crippen LogP contribution in [-0.4, -0.2) is 31.1 Å². The highest BCUT2D eigenvalue weighted by molar-refractivity contribution is 5.78. The lowest BCUT2D eigenvalue weighted by molar-refractivity contribution is -0.120. The van der Waals surface area contributed by atoms with Gasteiger partial charge in [-0.25, -0.2) is 4.79 Å². The van der Waals surface area contributed by atoms with Gasteiger partial charge < -0.3 is 16.0 Å². The molecule has 0 saturated heterocycles. The molecule has 1 rings (SSSR count). The first-order chi connectivity index (χ1) is 9.08. The fourth-order valence-corrected chi connectivity index (χ4v) is 1.53. The van der Waals surface area contributed by atoms with Crippen molar-refractivity contribution >= 4 is 11.9 Å². The third-order valence-electron chi connectivity index (χ3n) is 2.36. The largest absolute Gasteiger partial charge is 0.354 e. The van der Waals surface area contributed by atoms with E-state index in [0.717, 1.165) is 5.56 Å². The van der Waals surface area contributed by atoms with Crippen molar-refractivity contribution in [3.8, 4) is 0 Å². The predicted molar refractivity (Wildman–Crippen MR) is 74.8 cm³/mol. The van der Waals surface area contributed by atoms with E-state index in [2.05, 4.69) is 16.0 Å². The zero-order chi connectivity index (χ0) is 14.1. The zero-order valence-electron chi connectivity index (χ0n) is 11.4. The lowest BCUT2D eigenvalue weighted by atomic mass is 10.1. The lowest BCUT2D eigenvalue weighted by Gasteiger charge is -2.10. The number of urea groups is 1. The first kappa shape index (κ1) is 15.0. The van der Waals surface area contributed by atoms with Crippen LogP contribution in [0, 0.1) is 0 Å².